The van der Waals surface area contributed by atoms with Crippen molar-refractivity contribution in [3.05, 3.63) is 74.7 Å². The number of methoxy groups -OCH3 is 1. The lowest BCUT2D eigenvalue weighted by molar-refractivity contribution is -0.118. The number of rotatable bonds is 9. The van der Waals surface area contributed by atoms with Crippen molar-refractivity contribution >= 4 is 29.1 Å². The maximum absolute atomic E-state index is 13.3. The van der Waals surface area contributed by atoms with E-state index in [9.17, 15) is 14.4 Å². The Kier molecular flexibility index (Phi) is 7.95. The predicted molar refractivity (Wildman–Crippen MR) is 151 cm³/mol. The molecule has 0 unspecified atom stereocenters. The summed E-state index contributed by atoms with van der Waals surface area (Å²) in [5.74, 6) is -0.124. The number of benzene rings is 2. The summed E-state index contributed by atoms with van der Waals surface area (Å²) in [6.45, 7) is 8.03. The molecule has 0 atom stereocenters. The fourth-order valence-electron chi connectivity index (χ4n) is 4.87. The molecule has 1 aromatic heterocycles. The number of hydrogen-bond acceptors (Lipinski definition) is 5. The van der Waals surface area contributed by atoms with Crippen LogP contribution in [0.5, 0.6) is 5.75 Å². The summed E-state index contributed by atoms with van der Waals surface area (Å²) >= 11 is 6.28. The topological polar surface area (TPSA) is 104 Å². The summed E-state index contributed by atoms with van der Waals surface area (Å²) in [5.41, 5.74) is 1.27. The summed E-state index contributed by atoms with van der Waals surface area (Å²) in [7, 11) is 3.28. The highest BCUT2D eigenvalue weighted by molar-refractivity contribution is 6.31. The molecule has 2 heterocycles. The van der Waals surface area contributed by atoms with Gasteiger partial charge in [0.2, 0.25) is 5.91 Å². The summed E-state index contributed by atoms with van der Waals surface area (Å²) in [5, 5.41) is 6.19. The first-order valence-corrected chi connectivity index (χ1v) is 13.1. The maximum Gasteiger partial charge on any atom is 0.295 e. The Morgan fingerprint density at radius 2 is 1.87 bits per heavy atom. The average Bonchev–Trinajstić information content (AvgIpc) is 3.29. The summed E-state index contributed by atoms with van der Waals surface area (Å²) < 4.78 is 14.5. The molecule has 0 saturated carbocycles. The molecule has 9 nitrogen and oxygen atoms in total. The molecule has 208 valence electrons. The van der Waals surface area contributed by atoms with Crippen molar-refractivity contribution in [1.82, 2.24) is 14.7 Å². The van der Waals surface area contributed by atoms with Gasteiger partial charge in [-0.05, 0) is 43.5 Å². The van der Waals surface area contributed by atoms with E-state index in [1.165, 1.54) is 11.8 Å². The van der Waals surface area contributed by atoms with E-state index in [-0.39, 0.29) is 42.6 Å². The molecule has 2 aromatic carbocycles. The van der Waals surface area contributed by atoms with Crippen LogP contribution in [0.4, 0.5) is 5.69 Å². The number of anilines is 1. The van der Waals surface area contributed by atoms with E-state index < -0.39 is 11.0 Å². The zero-order valence-corrected chi connectivity index (χ0v) is 23.9. The molecule has 2 amide bonds. The minimum Gasteiger partial charge on any atom is -0.486 e. The number of aromatic nitrogens is 2. The normalized spacial score (nSPS) is 14.0. The van der Waals surface area contributed by atoms with E-state index in [4.69, 9.17) is 21.1 Å². The van der Waals surface area contributed by atoms with Crippen molar-refractivity contribution in [3.63, 3.8) is 0 Å². The second kappa shape index (κ2) is 10.9. The zero-order valence-electron chi connectivity index (χ0n) is 23.2. The average molecular weight is 555 g/mol. The van der Waals surface area contributed by atoms with Gasteiger partial charge in [-0.1, -0.05) is 43.6 Å². The van der Waals surface area contributed by atoms with Crippen LogP contribution in [0.15, 0.2) is 47.3 Å². The summed E-state index contributed by atoms with van der Waals surface area (Å²) in [6.07, 6.45) is 0.724. The van der Waals surface area contributed by atoms with E-state index in [2.05, 4.69) is 10.6 Å². The van der Waals surface area contributed by atoms with E-state index in [0.29, 0.717) is 34.1 Å². The van der Waals surface area contributed by atoms with Gasteiger partial charge in [-0.15, -0.1) is 0 Å². The number of carbonyl (C=O) groups excluding carboxylic acids is 2. The first-order chi connectivity index (χ1) is 18.3. The Balaban J connectivity index is 1.47. The monoisotopic (exact) mass is 554 g/mol. The number of halogens is 1. The largest absolute Gasteiger partial charge is 0.486 e. The van der Waals surface area contributed by atoms with E-state index in [1.807, 2.05) is 64.1 Å². The smallest absolute Gasteiger partial charge is 0.295 e. The molecule has 0 radical (unpaired) electrons. The highest BCUT2D eigenvalue weighted by Crippen LogP contribution is 2.39. The number of nitrogens with one attached hydrogen (secondary N) is 2. The second-order valence-electron chi connectivity index (χ2n) is 11.3. The van der Waals surface area contributed by atoms with Gasteiger partial charge in [-0.2, -0.15) is 0 Å². The maximum atomic E-state index is 13.3. The first kappa shape index (κ1) is 28.4. The van der Waals surface area contributed by atoms with Gasteiger partial charge in [0.15, 0.2) is 0 Å². The highest BCUT2D eigenvalue weighted by Gasteiger charge is 2.34. The van der Waals surface area contributed by atoms with Crippen LogP contribution in [0.3, 0.4) is 0 Å². The van der Waals surface area contributed by atoms with Crippen molar-refractivity contribution in [2.75, 3.05) is 19.0 Å². The van der Waals surface area contributed by atoms with Crippen molar-refractivity contribution in [2.45, 2.75) is 52.7 Å². The Hall–Kier alpha value is -3.56. The molecule has 0 fully saturated rings. The molecule has 10 heteroatoms. The number of hydrogen-bond donors (Lipinski definition) is 2. The van der Waals surface area contributed by atoms with Crippen LogP contribution in [-0.2, 0) is 29.6 Å². The number of fused-ring (bicyclic) bond motifs is 1. The van der Waals surface area contributed by atoms with Gasteiger partial charge in [-0.25, -0.2) is 4.68 Å². The molecule has 0 saturated heterocycles. The van der Waals surface area contributed by atoms with E-state index in [0.717, 1.165) is 5.56 Å². The number of para-hydroxylation sites is 1. The molecule has 0 bridgehead atoms. The van der Waals surface area contributed by atoms with Crippen LogP contribution in [0.1, 0.15) is 55.7 Å². The van der Waals surface area contributed by atoms with Gasteiger partial charge in [0.1, 0.15) is 17.0 Å². The fraction of sp³-hybridized carbons (Fsp3) is 0.414. The summed E-state index contributed by atoms with van der Waals surface area (Å²) in [6, 6.07) is 12.6. The molecule has 39 heavy (non-hydrogen) atoms. The van der Waals surface area contributed by atoms with Crippen LogP contribution < -0.4 is 20.9 Å². The standard InChI is InChI=1S/C29H35ClN4O5/c1-28(2,17-31-26(36)21-13-19(30)12-18-14-29(3,4)39-25(18)21)15-23(35)32-24-22(16-38-6)33(5)34(27(24)37)20-10-8-7-9-11-20/h7-13H,14-17H2,1-6H3,(H,31,36)(H,32,35). The van der Waals surface area contributed by atoms with Gasteiger partial charge >= 0.3 is 0 Å². The van der Waals surface area contributed by atoms with Crippen LogP contribution in [-0.4, -0.2) is 40.4 Å². The van der Waals surface area contributed by atoms with Crippen LogP contribution in [0.25, 0.3) is 5.69 Å². The SMILES string of the molecule is COCc1c(NC(=O)CC(C)(C)CNC(=O)c2cc(Cl)cc3c2OC(C)(C)C3)c(=O)n(-c2ccccc2)n1C. The molecule has 0 aliphatic carbocycles. The lowest BCUT2D eigenvalue weighted by atomic mass is 9.88. The van der Waals surface area contributed by atoms with Gasteiger partial charge < -0.3 is 20.1 Å². The van der Waals surface area contributed by atoms with Crippen LogP contribution in [0, 0.1) is 5.41 Å². The minimum absolute atomic E-state index is 0.0660. The first-order valence-electron chi connectivity index (χ1n) is 12.8. The van der Waals surface area contributed by atoms with Gasteiger partial charge in [-0.3, -0.25) is 19.1 Å². The third-order valence-corrected chi connectivity index (χ3v) is 6.89. The Morgan fingerprint density at radius 3 is 2.54 bits per heavy atom. The third kappa shape index (κ3) is 6.20. The zero-order chi connectivity index (χ0) is 28.5. The Bertz CT molecular complexity index is 1460. The van der Waals surface area contributed by atoms with Crippen molar-refractivity contribution in [1.29, 1.82) is 0 Å². The second-order valence-corrected chi connectivity index (χ2v) is 11.7. The molecule has 2 N–H and O–H groups in total. The highest BCUT2D eigenvalue weighted by atomic mass is 35.5. The number of amides is 2. The molecule has 3 aromatic rings. The van der Waals surface area contributed by atoms with E-state index >= 15 is 0 Å². The molecular formula is C29H35ClN4O5. The Labute approximate surface area is 233 Å². The molecule has 4 rings (SSSR count). The summed E-state index contributed by atoms with van der Waals surface area (Å²) in [4.78, 5) is 39.6. The fourth-order valence-corrected chi connectivity index (χ4v) is 5.11. The predicted octanol–water partition coefficient (Wildman–Crippen LogP) is 4.47. The van der Waals surface area contributed by atoms with Crippen LogP contribution in [0.2, 0.25) is 5.02 Å². The van der Waals surface area contributed by atoms with Crippen LogP contribution >= 0.6 is 11.6 Å². The van der Waals surface area contributed by atoms with Crippen molar-refractivity contribution in [2.24, 2.45) is 12.5 Å². The molecule has 1 aliphatic rings. The third-order valence-electron chi connectivity index (χ3n) is 6.67. The van der Waals surface area contributed by atoms with E-state index in [1.54, 1.807) is 17.8 Å². The number of nitrogens with zero attached hydrogens (tertiary/aromatic N) is 2. The lowest BCUT2D eigenvalue weighted by Gasteiger charge is -2.24. The van der Waals surface area contributed by atoms with Gasteiger partial charge in [0, 0.05) is 44.1 Å². The van der Waals surface area contributed by atoms with Crippen molar-refractivity contribution < 1.29 is 19.1 Å². The number of carbonyl (C=O) groups is 2. The minimum atomic E-state index is -0.615. The molecular weight excluding hydrogens is 520 g/mol. The lowest BCUT2D eigenvalue weighted by Crippen LogP contribution is -2.37. The molecule has 0 spiro atoms. The quantitative estimate of drug-likeness (QED) is 0.406. The molecule has 1 aliphatic heterocycles. The van der Waals surface area contributed by atoms with Gasteiger partial charge in [0.05, 0.1) is 23.6 Å². The number of ether oxygens (including phenoxy) is 2. The van der Waals surface area contributed by atoms with Gasteiger partial charge in [0.25, 0.3) is 11.5 Å². The van der Waals surface area contributed by atoms with Crippen molar-refractivity contribution in [3.8, 4) is 11.4 Å². The Morgan fingerprint density at radius 1 is 1.18 bits per heavy atom.